The first kappa shape index (κ1) is 16.2. The average Bonchev–Trinajstić information content (AvgIpc) is 2.33. The molecule has 0 unspecified atom stereocenters. The summed E-state index contributed by atoms with van der Waals surface area (Å²) in [4.78, 5) is 9.91. The normalized spacial score (nSPS) is 17.3. The highest BCUT2D eigenvalue weighted by molar-refractivity contribution is 7.89. The van der Waals surface area contributed by atoms with Gasteiger partial charge >= 0.3 is 0 Å². The molecule has 1 aliphatic carbocycles. The number of benzene rings is 1. The average molecular weight is 335 g/mol. The molecule has 0 aliphatic heterocycles. The molecule has 1 aromatic carbocycles. The summed E-state index contributed by atoms with van der Waals surface area (Å²) in [6.45, 7) is 1.40. The van der Waals surface area contributed by atoms with Crippen LogP contribution >= 0.6 is 11.6 Å². The Balaban J connectivity index is 2.30. The Labute approximate surface area is 127 Å². The molecule has 0 atom stereocenters. The van der Waals surface area contributed by atoms with Crippen molar-refractivity contribution in [2.75, 3.05) is 6.54 Å². The number of hydrogen-bond donors (Lipinski definition) is 2. The van der Waals surface area contributed by atoms with Gasteiger partial charge in [-0.25, -0.2) is 13.1 Å². The van der Waals surface area contributed by atoms with Crippen LogP contribution in [0.25, 0.3) is 0 Å². The summed E-state index contributed by atoms with van der Waals surface area (Å²) in [6.07, 6.45) is 1.92. The first-order valence-corrected chi connectivity index (χ1v) is 8.17. The third-order valence-corrected chi connectivity index (χ3v) is 5.45. The number of nitrogens with zero attached hydrogens (tertiary/aromatic N) is 1. The zero-order chi connectivity index (χ0) is 15.8. The van der Waals surface area contributed by atoms with Gasteiger partial charge in [0.1, 0.15) is 5.02 Å². The molecule has 0 aromatic heterocycles. The van der Waals surface area contributed by atoms with Gasteiger partial charge in [-0.1, -0.05) is 11.6 Å². The van der Waals surface area contributed by atoms with Crippen molar-refractivity contribution in [2.24, 2.45) is 0 Å². The SMILES string of the molecule is Cc1cc(Cl)c([N+](=O)[O-])cc1S(=O)(=O)NCC1(O)CCC1. The third kappa shape index (κ3) is 3.34. The second kappa shape index (κ2) is 5.53. The molecule has 0 heterocycles. The van der Waals surface area contributed by atoms with E-state index < -0.39 is 26.2 Å². The fraction of sp³-hybridized carbons (Fsp3) is 0.500. The molecule has 0 spiro atoms. The topological polar surface area (TPSA) is 110 Å². The van der Waals surface area contributed by atoms with Gasteiger partial charge < -0.3 is 5.11 Å². The molecular weight excluding hydrogens is 320 g/mol. The molecule has 0 radical (unpaired) electrons. The van der Waals surface area contributed by atoms with E-state index in [0.717, 1.165) is 12.5 Å². The highest BCUT2D eigenvalue weighted by Crippen LogP contribution is 2.32. The Morgan fingerprint density at radius 3 is 2.57 bits per heavy atom. The molecule has 2 N–H and O–H groups in total. The number of nitro groups is 1. The third-order valence-electron chi connectivity index (χ3n) is 3.61. The van der Waals surface area contributed by atoms with Crippen LogP contribution in [0.4, 0.5) is 5.69 Å². The highest BCUT2D eigenvalue weighted by atomic mass is 35.5. The van der Waals surface area contributed by atoms with E-state index in [1.807, 2.05) is 0 Å². The summed E-state index contributed by atoms with van der Waals surface area (Å²) in [5.41, 5.74) is -1.18. The maximum Gasteiger partial charge on any atom is 0.289 e. The number of halogens is 1. The van der Waals surface area contributed by atoms with Crippen LogP contribution in [0.15, 0.2) is 17.0 Å². The zero-order valence-corrected chi connectivity index (χ0v) is 12.9. The molecule has 2 rings (SSSR count). The summed E-state index contributed by atoms with van der Waals surface area (Å²) in [5.74, 6) is 0. The van der Waals surface area contributed by atoms with Crippen molar-refractivity contribution in [1.29, 1.82) is 0 Å². The van der Waals surface area contributed by atoms with E-state index in [1.165, 1.54) is 13.0 Å². The van der Waals surface area contributed by atoms with Crippen LogP contribution in [0, 0.1) is 17.0 Å². The van der Waals surface area contributed by atoms with Crippen LogP contribution in [0.5, 0.6) is 0 Å². The van der Waals surface area contributed by atoms with Crippen LogP contribution in [0.3, 0.4) is 0 Å². The monoisotopic (exact) mass is 334 g/mol. The van der Waals surface area contributed by atoms with Crippen molar-refractivity contribution < 1.29 is 18.4 Å². The molecule has 1 saturated carbocycles. The molecule has 1 aromatic rings. The molecule has 116 valence electrons. The molecule has 1 aliphatic rings. The summed E-state index contributed by atoms with van der Waals surface area (Å²) < 4.78 is 26.8. The van der Waals surface area contributed by atoms with Crippen LogP contribution in [0.1, 0.15) is 24.8 Å². The molecule has 9 heteroatoms. The first-order chi connectivity index (χ1) is 9.65. The van der Waals surface area contributed by atoms with E-state index in [9.17, 15) is 23.6 Å². The van der Waals surface area contributed by atoms with Crippen LogP contribution in [0.2, 0.25) is 5.02 Å². The Kier molecular flexibility index (Phi) is 4.25. The van der Waals surface area contributed by atoms with Gasteiger partial charge in [-0.05, 0) is 37.8 Å². The van der Waals surface area contributed by atoms with Gasteiger partial charge in [0.2, 0.25) is 10.0 Å². The molecule has 7 nitrogen and oxygen atoms in total. The highest BCUT2D eigenvalue weighted by Gasteiger charge is 2.36. The van der Waals surface area contributed by atoms with E-state index in [1.54, 1.807) is 0 Å². The van der Waals surface area contributed by atoms with Crippen molar-refractivity contribution in [3.63, 3.8) is 0 Å². The minimum atomic E-state index is -3.95. The van der Waals surface area contributed by atoms with E-state index >= 15 is 0 Å². The van der Waals surface area contributed by atoms with Crippen molar-refractivity contribution in [1.82, 2.24) is 4.72 Å². The second-order valence-corrected chi connectivity index (χ2v) is 7.37. The van der Waals surface area contributed by atoms with Crippen molar-refractivity contribution >= 4 is 27.3 Å². The number of rotatable bonds is 5. The lowest BCUT2D eigenvalue weighted by atomic mass is 9.81. The summed E-state index contributed by atoms with van der Waals surface area (Å²) in [7, 11) is -3.95. The predicted octanol–water partition coefficient (Wildman–Crippen LogP) is 1.75. The van der Waals surface area contributed by atoms with Crippen LogP contribution < -0.4 is 4.72 Å². The predicted molar refractivity (Wildman–Crippen MR) is 76.8 cm³/mol. The van der Waals surface area contributed by atoms with Gasteiger partial charge in [0.25, 0.3) is 5.69 Å². The maximum absolute atomic E-state index is 12.2. The molecular formula is C12H15ClN2O5S. The van der Waals surface area contributed by atoms with E-state index in [0.29, 0.717) is 18.4 Å². The fourth-order valence-electron chi connectivity index (χ4n) is 2.14. The molecule has 21 heavy (non-hydrogen) atoms. The smallest absolute Gasteiger partial charge is 0.289 e. The molecule has 1 fully saturated rings. The Bertz CT molecular complexity index is 685. The largest absolute Gasteiger partial charge is 0.389 e. The number of sulfonamides is 1. The summed E-state index contributed by atoms with van der Waals surface area (Å²) >= 11 is 5.73. The number of aryl methyl sites for hydroxylation is 1. The lowest BCUT2D eigenvalue weighted by molar-refractivity contribution is -0.384. The second-order valence-electron chi connectivity index (χ2n) is 5.23. The number of hydrogen-bond acceptors (Lipinski definition) is 5. The lowest BCUT2D eigenvalue weighted by Gasteiger charge is -2.36. The van der Waals surface area contributed by atoms with Gasteiger partial charge in [0, 0.05) is 12.6 Å². The fourth-order valence-corrected chi connectivity index (χ4v) is 3.79. The van der Waals surface area contributed by atoms with Crippen LogP contribution in [-0.4, -0.2) is 30.6 Å². The molecule has 0 saturated heterocycles. The van der Waals surface area contributed by atoms with Crippen molar-refractivity contribution in [3.05, 3.63) is 32.8 Å². The Hall–Kier alpha value is -1.22. The van der Waals surface area contributed by atoms with Crippen molar-refractivity contribution in [3.8, 4) is 0 Å². The first-order valence-electron chi connectivity index (χ1n) is 6.31. The quantitative estimate of drug-likeness (QED) is 0.629. The van der Waals surface area contributed by atoms with Gasteiger partial charge in [-0.3, -0.25) is 10.1 Å². The summed E-state index contributed by atoms with van der Waals surface area (Å²) in [5, 5.41) is 20.7. The van der Waals surface area contributed by atoms with Gasteiger partial charge in [0.15, 0.2) is 0 Å². The number of aliphatic hydroxyl groups is 1. The number of nitro benzene ring substituents is 1. The zero-order valence-electron chi connectivity index (χ0n) is 11.3. The van der Waals surface area contributed by atoms with E-state index in [-0.39, 0.29) is 16.5 Å². The Morgan fingerprint density at radius 2 is 2.10 bits per heavy atom. The maximum atomic E-state index is 12.2. The van der Waals surface area contributed by atoms with Crippen molar-refractivity contribution in [2.45, 2.75) is 36.7 Å². The lowest BCUT2D eigenvalue weighted by Crippen LogP contribution is -2.47. The molecule has 0 amide bonds. The van der Waals surface area contributed by atoms with E-state index in [2.05, 4.69) is 4.72 Å². The molecule has 0 bridgehead atoms. The van der Waals surface area contributed by atoms with E-state index in [4.69, 9.17) is 11.6 Å². The standard InChI is InChI=1S/C12H15ClN2O5S/c1-8-5-9(13)10(15(17)18)6-11(8)21(19,20)14-7-12(16)3-2-4-12/h5-6,14,16H,2-4,7H2,1H3. The minimum Gasteiger partial charge on any atom is -0.389 e. The van der Waals surface area contributed by atoms with Crippen LogP contribution in [-0.2, 0) is 10.0 Å². The minimum absolute atomic E-state index is 0.106. The van der Waals surface area contributed by atoms with Gasteiger partial charge in [0.05, 0.1) is 15.4 Å². The summed E-state index contributed by atoms with van der Waals surface area (Å²) in [6, 6.07) is 2.18. The Morgan fingerprint density at radius 1 is 1.48 bits per heavy atom. The van der Waals surface area contributed by atoms with Gasteiger partial charge in [-0.15, -0.1) is 0 Å². The van der Waals surface area contributed by atoms with Gasteiger partial charge in [-0.2, -0.15) is 0 Å². The number of nitrogens with one attached hydrogen (secondary N) is 1.